The highest BCUT2D eigenvalue weighted by Gasteiger charge is 2.18. The monoisotopic (exact) mass is 614 g/mol. The van der Waals surface area contributed by atoms with Crippen molar-refractivity contribution in [3.63, 3.8) is 0 Å². The molecule has 0 fully saturated rings. The van der Waals surface area contributed by atoms with E-state index in [-0.39, 0.29) is 45.7 Å². The Morgan fingerprint density at radius 2 is 0.729 bits per heavy atom. The Kier molecular flexibility index (Phi) is 4.46. The Morgan fingerprint density at radius 3 is 1.33 bits per heavy atom. The SMILES string of the molecule is [2H]c1c([2H])c([2H])c2c(-c3cccc4ccccc34)c3c([2H])c([2H])c([2H])c([2H])c3c(-c3ccc(-c4ccc5c6ccccc6c6ccccc6c5c4)cc3)c2c1[2H]. The zero-order valence-corrected chi connectivity index (χ0v) is 25.7. The van der Waals surface area contributed by atoms with Crippen LogP contribution in [0.1, 0.15) is 11.0 Å². The fourth-order valence-corrected chi connectivity index (χ4v) is 7.54. The van der Waals surface area contributed by atoms with Gasteiger partial charge in [0.1, 0.15) is 0 Å². The van der Waals surface area contributed by atoms with Gasteiger partial charge >= 0.3 is 0 Å². The van der Waals surface area contributed by atoms with Crippen molar-refractivity contribution in [2.75, 3.05) is 0 Å². The molecule has 10 rings (SSSR count). The van der Waals surface area contributed by atoms with E-state index in [2.05, 4.69) is 66.7 Å². The Morgan fingerprint density at radius 1 is 0.292 bits per heavy atom. The van der Waals surface area contributed by atoms with Gasteiger partial charge in [0.15, 0.2) is 0 Å². The van der Waals surface area contributed by atoms with E-state index in [0.29, 0.717) is 22.3 Å². The van der Waals surface area contributed by atoms with Crippen molar-refractivity contribution in [3.05, 3.63) is 182 Å². The van der Waals surface area contributed by atoms with Gasteiger partial charge in [-0.05, 0) is 104 Å². The van der Waals surface area contributed by atoms with E-state index in [1.165, 1.54) is 16.2 Å². The molecule has 0 heteroatoms. The molecule has 0 spiro atoms. The summed E-state index contributed by atoms with van der Waals surface area (Å²) in [5.41, 5.74) is 3.79. The molecule has 0 atom stereocenters. The van der Waals surface area contributed by atoms with Crippen LogP contribution in [0.25, 0.3) is 98.0 Å². The van der Waals surface area contributed by atoms with E-state index < -0.39 is 24.2 Å². The summed E-state index contributed by atoms with van der Waals surface area (Å²) in [5, 5.41) is 9.53. The molecule has 10 aromatic rings. The molecule has 0 aliphatic carbocycles. The van der Waals surface area contributed by atoms with Crippen LogP contribution in [0.4, 0.5) is 0 Å². The van der Waals surface area contributed by atoms with Crippen LogP contribution in [0.3, 0.4) is 0 Å². The summed E-state index contributed by atoms with van der Waals surface area (Å²) in [6, 6.07) is 41.6. The van der Waals surface area contributed by atoms with E-state index in [0.717, 1.165) is 38.1 Å². The van der Waals surface area contributed by atoms with Crippen LogP contribution in [0, 0.1) is 0 Å². The molecule has 0 saturated carbocycles. The smallest absolute Gasteiger partial charge is 0.0616 e. The summed E-state index contributed by atoms with van der Waals surface area (Å²) < 4.78 is 72.4. The summed E-state index contributed by atoms with van der Waals surface area (Å²) in [6.45, 7) is 0. The lowest BCUT2D eigenvalue weighted by Gasteiger charge is -2.19. The molecule has 10 aromatic carbocycles. The van der Waals surface area contributed by atoms with Gasteiger partial charge in [0.05, 0.1) is 11.0 Å². The maximum Gasteiger partial charge on any atom is 0.0629 e. The summed E-state index contributed by atoms with van der Waals surface area (Å²) in [7, 11) is 0. The molecule has 48 heavy (non-hydrogen) atoms. The van der Waals surface area contributed by atoms with Gasteiger partial charge in [-0.15, -0.1) is 0 Å². The number of hydrogen-bond donors (Lipinski definition) is 0. The zero-order valence-electron chi connectivity index (χ0n) is 33.7. The standard InChI is InChI=1S/C48H30/c1-2-14-35-32(12-1)13-11-23-41(35)48-44-21-9-7-19-42(44)47(43-20-8-10-22-45(43)48)33-26-24-31(25-27-33)34-28-29-40-38-17-4-3-15-36(38)37-16-5-6-18-39(37)46(40)30-34/h1-30H/i7D,8D,9D,10D,19D,20D,21D,22D. The van der Waals surface area contributed by atoms with E-state index >= 15 is 0 Å². The van der Waals surface area contributed by atoms with Crippen molar-refractivity contribution in [2.45, 2.75) is 0 Å². The molecule has 0 saturated heterocycles. The van der Waals surface area contributed by atoms with Gasteiger partial charge in [0, 0.05) is 0 Å². The van der Waals surface area contributed by atoms with Crippen molar-refractivity contribution in [2.24, 2.45) is 0 Å². The van der Waals surface area contributed by atoms with Crippen LogP contribution in [-0.4, -0.2) is 0 Å². The third-order valence-electron chi connectivity index (χ3n) is 9.69. The van der Waals surface area contributed by atoms with Crippen LogP contribution >= 0.6 is 0 Å². The topological polar surface area (TPSA) is 0 Å². The molecule has 0 aromatic heterocycles. The normalized spacial score (nSPS) is 14.1. The van der Waals surface area contributed by atoms with Crippen LogP contribution in [0.2, 0.25) is 0 Å². The summed E-state index contributed by atoms with van der Waals surface area (Å²) in [4.78, 5) is 0. The predicted octanol–water partition coefficient (Wildman–Crippen LogP) is 13.6. The number of benzene rings is 10. The molecule has 0 unspecified atom stereocenters. The van der Waals surface area contributed by atoms with Crippen molar-refractivity contribution in [1.29, 1.82) is 0 Å². The Bertz CT molecular complexity index is 3210. The average Bonchev–Trinajstić information content (AvgIpc) is 3.25. The van der Waals surface area contributed by atoms with E-state index in [1.54, 1.807) is 0 Å². The van der Waals surface area contributed by atoms with Gasteiger partial charge < -0.3 is 0 Å². The summed E-state index contributed by atoms with van der Waals surface area (Å²) in [5.74, 6) is 0. The molecule has 0 nitrogen and oxygen atoms in total. The maximum absolute atomic E-state index is 9.33. The first-order chi connectivity index (χ1) is 27.2. The molecule has 0 N–H and O–H groups in total. The van der Waals surface area contributed by atoms with Crippen molar-refractivity contribution in [3.8, 4) is 33.4 Å². The quantitative estimate of drug-likeness (QED) is 0.137. The molecular formula is C48H30. The van der Waals surface area contributed by atoms with Crippen LogP contribution in [-0.2, 0) is 0 Å². The minimum absolute atomic E-state index is 0.202. The summed E-state index contributed by atoms with van der Waals surface area (Å²) in [6.07, 6.45) is 0. The predicted molar refractivity (Wildman–Crippen MR) is 208 cm³/mol. The van der Waals surface area contributed by atoms with Crippen LogP contribution < -0.4 is 0 Å². The highest BCUT2D eigenvalue weighted by atomic mass is 14.2. The fraction of sp³-hybridized carbons (Fsp3) is 0. The van der Waals surface area contributed by atoms with E-state index in [4.69, 9.17) is 5.48 Å². The molecule has 0 aliphatic rings. The minimum atomic E-state index is -0.416. The first-order valence-corrected chi connectivity index (χ1v) is 16.0. The first kappa shape index (κ1) is 20.1. The molecular weight excluding hydrogens is 577 g/mol. The van der Waals surface area contributed by atoms with Crippen molar-refractivity contribution >= 4 is 64.6 Å². The van der Waals surface area contributed by atoms with Crippen molar-refractivity contribution in [1.82, 2.24) is 0 Å². The lowest BCUT2D eigenvalue weighted by Crippen LogP contribution is -1.91. The molecule has 0 heterocycles. The van der Waals surface area contributed by atoms with Crippen LogP contribution in [0.15, 0.2) is 182 Å². The highest BCUT2D eigenvalue weighted by molar-refractivity contribution is 6.26. The molecule has 222 valence electrons. The van der Waals surface area contributed by atoms with Crippen LogP contribution in [0.5, 0.6) is 0 Å². The van der Waals surface area contributed by atoms with E-state index in [1.807, 2.05) is 66.7 Å². The Labute approximate surface area is 290 Å². The third kappa shape index (κ3) is 4.03. The van der Waals surface area contributed by atoms with Gasteiger partial charge in [-0.1, -0.05) is 176 Å². The van der Waals surface area contributed by atoms with Gasteiger partial charge in [-0.25, -0.2) is 0 Å². The zero-order chi connectivity index (χ0) is 38.6. The fourth-order valence-electron chi connectivity index (χ4n) is 7.54. The molecule has 0 bridgehead atoms. The number of fused-ring (bicyclic) bond motifs is 9. The minimum Gasteiger partial charge on any atom is -0.0616 e. The van der Waals surface area contributed by atoms with Gasteiger partial charge in [-0.3, -0.25) is 0 Å². The number of hydrogen-bond acceptors (Lipinski definition) is 0. The first-order valence-electron chi connectivity index (χ1n) is 20.0. The molecule has 0 aliphatic heterocycles. The van der Waals surface area contributed by atoms with Gasteiger partial charge in [0.2, 0.25) is 0 Å². The maximum atomic E-state index is 9.33. The van der Waals surface area contributed by atoms with E-state index in [9.17, 15) is 5.48 Å². The average molecular weight is 615 g/mol. The molecule has 0 radical (unpaired) electrons. The highest BCUT2D eigenvalue weighted by Crippen LogP contribution is 2.45. The summed E-state index contributed by atoms with van der Waals surface area (Å²) >= 11 is 0. The lowest BCUT2D eigenvalue weighted by molar-refractivity contribution is 1.63. The second-order valence-corrected chi connectivity index (χ2v) is 12.2. The Hall–Kier alpha value is -6.24. The number of rotatable bonds is 3. The second kappa shape index (κ2) is 10.7. The Balaban J connectivity index is 1.28. The van der Waals surface area contributed by atoms with Gasteiger partial charge in [0.25, 0.3) is 0 Å². The molecule has 0 amide bonds. The lowest BCUT2D eigenvalue weighted by atomic mass is 9.84. The van der Waals surface area contributed by atoms with Gasteiger partial charge in [-0.2, -0.15) is 0 Å². The third-order valence-corrected chi connectivity index (χ3v) is 9.69. The van der Waals surface area contributed by atoms with Crippen molar-refractivity contribution < 1.29 is 11.0 Å². The second-order valence-electron chi connectivity index (χ2n) is 12.2. The largest absolute Gasteiger partial charge is 0.0629 e.